The first kappa shape index (κ1) is 14.6. The minimum atomic E-state index is -0.532. The Morgan fingerprint density at radius 3 is 2.48 bits per heavy atom. The van der Waals surface area contributed by atoms with Crippen LogP contribution in [0.25, 0.3) is 0 Å². The maximum Gasteiger partial charge on any atom is 0.276 e. The maximum atomic E-state index is 11.0. The summed E-state index contributed by atoms with van der Waals surface area (Å²) in [5, 5.41) is 30.5. The lowest BCUT2D eigenvalue weighted by Gasteiger charge is -2.39. The molecule has 0 radical (unpaired) electrons. The van der Waals surface area contributed by atoms with E-state index in [9.17, 15) is 20.3 Å². The fourth-order valence-corrected chi connectivity index (χ4v) is 3.98. The van der Waals surface area contributed by atoms with Crippen LogP contribution in [0.5, 0.6) is 0 Å². The Balaban J connectivity index is 2.02. The molecule has 1 aromatic rings. The number of benzene rings is 1. The van der Waals surface area contributed by atoms with Crippen LogP contribution in [0.15, 0.2) is 12.1 Å². The third kappa shape index (κ3) is 2.37. The molecule has 2 N–H and O–H groups in total. The summed E-state index contributed by atoms with van der Waals surface area (Å²) >= 11 is 6.32. The van der Waals surface area contributed by atoms with Gasteiger partial charge in [-0.1, -0.05) is 11.6 Å². The number of rotatable bonds is 3. The zero-order chi connectivity index (χ0) is 15.1. The van der Waals surface area contributed by atoms with Crippen LogP contribution in [0.4, 0.5) is 11.4 Å². The second-order valence-corrected chi connectivity index (χ2v) is 6.11. The van der Waals surface area contributed by atoms with Crippen molar-refractivity contribution in [1.82, 2.24) is 0 Å². The Labute approximate surface area is 127 Å². The molecule has 2 saturated heterocycles. The SMILES string of the molecule is O=[N+]([O-])c1ccc(N2[C@@H]3CC[C@H]2C[C@@H](O)C3)c(Cl)c1CO. The summed E-state index contributed by atoms with van der Waals surface area (Å²) in [5.74, 6) is 0. The van der Waals surface area contributed by atoms with Crippen molar-refractivity contribution in [1.29, 1.82) is 0 Å². The van der Waals surface area contributed by atoms with E-state index in [0.717, 1.165) is 18.5 Å². The lowest BCUT2D eigenvalue weighted by Crippen LogP contribution is -2.45. The molecule has 0 saturated carbocycles. The van der Waals surface area contributed by atoms with Gasteiger partial charge in [0, 0.05) is 18.2 Å². The molecule has 2 aliphatic heterocycles. The van der Waals surface area contributed by atoms with Gasteiger partial charge in [-0.25, -0.2) is 0 Å². The summed E-state index contributed by atoms with van der Waals surface area (Å²) in [7, 11) is 0. The minimum absolute atomic E-state index is 0.157. The molecule has 3 rings (SSSR count). The van der Waals surface area contributed by atoms with E-state index in [-0.39, 0.29) is 34.5 Å². The van der Waals surface area contributed by atoms with Crippen LogP contribution in [0, 0.1) is 10.1 Å². The number of halogens is 1. The fraction of sp³-hybridized carbons (Fsp3) is 0.571. The number of nitro groups is 1. The van der Waals surface area contributed by atoms with Gasteiger partial charge >= 0.3 is 0 Å². The monoisotopic (exact) mass is 312 g/mol. The van der Waals surface area contributed by atoms with Crippen LogP contribution < -0.4 is 4.90 Å². The van der Waals surface area contributed by atoms with E-state index >= 15 is 0 Å². The summed E-state index contributed by atoms with van der Waals surface area (Å²) < 4.78 is 0. The molecule has 1 aromatic carbocycles. The molecule has 21 heavy (non-hydrogen) atoms. The topological polar surface area (TPSA) is 86.8 Å². The highest BCUT2D eigenvalue weighted by Crippen LogP contribution is 2.44. The summed E-state index contributed by atoms with van der Waals surface area (Å²) in [4.78, 5) is 12.6. The molecule has 3 atom stereocenters. The summed E-state index contributed by atoms with van der Waals surface area (Å²) in [5.41, 5.74) is 0.728. The number of aliphatic hydroxyl groups excluding tert-OH is 2. The normalized spacial score (nSPS) is 28.0. The Bertz CT molecular complexity index is 566. The van der Waals surface area contributed by atoms with E-state index in [0.29, 0.717) is 12.8 Å². The van der Waals surface area contributed by atoms with Gasteiger partial charge in [0.05, 0.1) is 33.9 Å². The summed E-state index contributed by atoms with van der Waals surface area (Å²) in [6.07, 6.45) is 3.08. The number of nitrogens with zero attached hydrogens (tertiary/aromatic N) is 2. The molecular formula is C14H17ClN2O4. The van der Waals surface area contributed by atoms with Gasteiger partial charge < -0.3 is 15.1 Å². The fourth-order valence-electron chi connectivity index (χ4n) is 3.66. The molecule has 0 aliphatic carbocycles. The van der Waals surface area contributed by atoms with E-state index in [1.54, 1.807) is 6.07 Å². The molecule has 7 heteroatoms. The molecule has 0 amide bonds. The second kappa shape index (κ2) is 5.44. The largest absolute Gasteiger partial charge is 0.393 e. The van der Waals surface area contributed by atoms with Crippen LogP contribution in [0.1, 0.15) is 31.2 Å². The number of anilines is 1. The van der Waals surface area contributed by atoms with Crippen LogP contribution in [0.2, 0.25) is 5.02 Å². The zero-order valence-electron chi connectivity index (χ0n) is 11.4. The highest BCUT2D eigenvalue weighted by atomic mass is 35.5. The molecule has 114 valence electrons. The predicted octanol–water partition coefficient (Wildman–Crippen LogP) is 2.23. The molecular weight excluding hydrogens is 296 g/mol. The van der Waals surface area contributed by atoms with Gasteiger partial charge in [-0.15, -0.1) is 0 Å². The van der Waals surface area contributed by atoms with E-state index < -0.39 is 11.5 Å². The van der Waals surface area contributed by atoms with E-state index in [4.69, 9.17) is 11.6 Å². The van der Waals surface area contributed by atoms with Crippen molar-refractivity contribution in [2.24, 2.45) is 0 Å². The van der Waals surface area contributed by atoms with Gasteiger partial charge in [0.25, 0.3) is 5.69 Å². The molecule has 2 bridgehead atoms. The van der Waals surface area contributed by atoms with Crippen LogP contribution in [-0.2, 0) is 6.61 Å². The van der Waals surface area contributed by atoms with Gasteiger partial charge in [-0.3, -0.25) is 10.1 Å². The van der Waals surface area contributed by atoms with Gasteiger partial charge in [0.15, 0.2) is 0 Å². The average molecular weight is 313 g/mol. The highest BCUT2D eigenvalue weighted by Gasteiger charge is 2.41. The summed E-state index contributed by atoms with van der Waals surface area (Å²) in [6, 6.07) is 3.48. The quantitative estimate of drug-likeness (QED) is 0.660. The van der Waals surface area contributed by atoms with Crippen molar-refractivity contribution in [3.05, 3.63) is 32.8 Å². The third-order valence-corrected chi connectivity index (χ3v) is 4.96. The molecule has 0 aromatic heterocycles. The van der Waals surface area contributed by atoms with Gasteiger partial charge in [0.1, 0.15) is 0 Å². The first-order chi connectivity index (χ1) is 10.0. The van der Waals surface area contributed by atoms with Crippen molar-refractivity contribution < 1.29 is 15.1 Å². The third-order valence-electron chi connectivity index (χ3n) is 4.54. The molecule has 0 unspecified atom stereocenters. The zero-order valence-corrected chi connectivity index (χ0v) is 12.2. The van der Waals surface area contributed by atoms with E-state index in [1.165, 1.54) is 6.07 Å². The van der Waals surface area contributed by atoms with E-state index in [1.807, 2.05) is 0 Å². The predicted molar refractivity (Wildman–Crippen MR) is 78.6 cm³/mol. The molecule has 6 nitrogen and oxygen atoms in total. The highest BCUT2D eigenvalue weighted by molar-refractivity contribution is 6.34. The maximum absolute atomic E-state index is 11.0. The number of nitro benzene ring substituents is 1. The second-order valence-electron chi connectivity index (χ2n) is 5.73. The van der Waals surface area contributed by atoms with Crippen molar-refractivity contribution >= 4 is 23.0 Å². The lowest BCUT2D eigenvalue weighted by molar-refractivity contribution is -0.385. The van der Waals surface area contributed by atoms with Crippen molar-refractivity contribution in [2.75, 3.05) is 4.90 Å². The summed E-state index contributed by atoms with van der Waals surface area (Å²) in [6.45, 7) is -0.464. The first-order valence-corrected chi connectivity index (χ1v) is 7.43. The van der Waals surface area contributed by atoms with Gasteiger partial charge in [-0.05, 0) is 31.7 Å². The number of piperidine rings is 1. The van der Waals surface area contributed by atoms with Gasteiger partial charge in [-0.2, -0.15) is 0 Å². The standard InChI is InChI=1S/C14H17ClN2O4/c15-14-11(7-18)12(17(20)21)3-4-13(14)16-8-1-2-9(16)6-10(19)5-8/h3-4,8-10,18-19H,1-2,5-7H2/t8-,9+,10+. The molecule has 0 spiro atoms. The smallest absolute Gasteiger partial charge is 0.276 e. The molecule has 2 aliphatic rings. The Morgan fingerprint density at radius 2 is 1.95 bits per heavy atom. The van der Waals surface area contributed by atoms with Crippen molar-refractivity contribution in [2.45, 2.75) is 50.5 Å². The molecule has 2 fully saturated rings. The average Bonchev–Trinajstić information content (AvgIpc) is 2.70. The molecule has 2 heterocycles. The Morgan fingerprint density at radius 1 is 1.33 bits per heavy atom. The Kier molecular flexibility index (Phi) is 3.77. The number of fused-ring (bicyclic) bond motifs is 2. The van der Waals surface area contributed by atoms with Crippen LogP contribution in [-0.4, -0.2) is 33.3 Å². The van der Waals surface area contributed by atoms with Crippen LogP contribution in [0.3, 0.4) is 0 Å². The van der Waals surface area contributed by atoms with Crippen molar-refractivity contribution in [3.8, 4) is 0 Å². The first-order valence-electron chi connectivity index (χ1n) is 7.06. The lowest BCUT2D eigenvalue weighted by atomic mass is 9.98. The van der Waals surface area contributed by atoms with E-state index in [2.05, 4.69) is 4.90 Å². The number of hydrogen-bond donors (Lipinski definition) is 2. The van der Waals surface area contributed by atoms with Gasteiger partial charge in [0.2, 0.25) is 0 Å². The number of aliphatic hydroxyl groups is 2. The van der Waals surface area contributed by atoms with Crippen molar-refractivity contribution in [3.63, 3.8) is 0 Å². The number of hydrogen-bond acceptors (Lipinski definition) is 5. The Hall–Kier alpha value is -1.37. The van der Waals surface area contributed by atoms with Crippen LogP contribution >= 0.6 is 11.6 Å². The minimum Gasteiger partial charge on any atom is -0.393 e.